The Kier molecular flexibility index (Phi) is 6.90. The molecular weight excluding hydrogens is 436 g/mol. The van der Waals surface area contributed by atoms with Crippen molar-refractivity contribution >= 4 is 29.0 Å². The van der Waals surface area contributed by atoms with Gasteiger partial charge in [-0.05, 0) is 60.6 Å². The molecular formula is C26H23N2O4S-. The molecule has 0 atom stereocenters. The number of aromatic nitrogens is 1. The summed E-state index contributed by atoms with van der Waals surface area (Å²) in [5.41, 5.74) is 3.33. The lowest BCUT2D eigenvalue weighted by Crippen LogP contribution is -1.96. The van der Waals surface area contributed by atoms with Crippen LogP contribution in [-0.4, -0.2) is 25.2 Å². The van der Waals surface area contributed by atoms with E-state index in [9.17, 15) is 4.79 Å². The molecule has 0 spiro atoms. The largest absolute Gasteiger partial charge is 0.496 e. The molecule has 0 saturated carbocycles. The first kappa shape index (κ1) is 22.4. The van der Waals surface area contributed by atoms with E-state index in [-0.39, 0.29) is 5.78 Å². The molecule has 0 aliphatic rings. The number of aryl methyl sites for hydroxylation is 1. The number of thiophene rings is 1. The Morgan fingerprint density at radius 1 is 1.09 bits per heavy atom. The lowest BCUT2D eigenvalue weighted by atomic mass is 10.0. The van der Waals surface area contributed by atoms with Crippen LogP contribution in [0.1, 0.15) is 27.2 Å². The number of rotatable bonds is 9. The van der Waals surface area contributed by atoms with Crippen molar-refractivity contribution in [1.29, 1.82) is 0 Å². The third-order valence-corrected chi connectivity index (χ3v) is 5.93. The number of nitrogens with zero attached hydrogens (tertiary/aromatic N) is 2. The van der Waals surface area contributed by atoms with Gasteiger partial charge in [-0.1, -0.05) is 30.3 Å². The SMILES string of the molecule is COc1cc(OC)c(-c2cccs2)cc1/C=C/C(=O)c1ccc(C[N-]c2cc(C)on2)cc1. The maximum Gasteiger partial charge on any atom is 0.185 e. The van der Waals surface area contributed by atoms with Crippen LogP contribution in [0.3, 0.4) is 0 Å². The first-order chi connectivity index (χ1) is 16.1. The molecule has 2 aromatic heterocycles. The van der Waals surface area contributed by atoms with Crippen molar-refractivity contribution in [3.63, 3.8) is 0 Å². The van der Waals surface area contributed by atoms with E-state index >= 15 is 0 Å². The van der Waals surface area contributed by atoms with Gasteiger partial charge in [-0.25, -0.2) is 0 Å². The van der Waals surface area contributed by atoms with Gasteiger partial charge < -0.3 is 19.3 Å². The lowest BCUT2D eigenvalue weighted by molar-refractivity contribution is 0.104. The highest BCUT2D eigenvalue weighted by Crippen LogP contribution is 2.38. The number of carbonyl (C=O) groups is 1. The quantitative estimate of drug-likeness (QED) is 0.202. The monoisotopic (exact) mass is 459 g/mol. The third kappa shape index (κ3) is 5.32. The van der Waals surface area contributed by atoms with E-state index in [4.69, 9.17) is 14.0 Å². The molecule has 0 saturated heterocycles. The van der Waals surface area contributed by atoms with Gasteiger partial charge in [0.05, 0.1) is 14.2 Å². The fourth-order valence-corrected chi connectivity index (χ4v) is 4.06. The molecule has 0 bridgehead atoms. The van der Waals surface area contributed by atoms with Crippen LogP contribution in [0, 0.1) is 6.92 Å². The summed E-state index contributed by atoms with van der Waals surface area (Å²) >= 11 is 1.63. The summed E-state index contributed by atoms with van der Waals surface area (Å²) in [6.07, 6.45) is 3.33. The van der Waals surface area contributed by atoms with Crippen LogP contribution in [0.4, 0.5) is 5.82 Å². The average molecular weight is 460 g/mol. The van der Waals surface area contributed by atoms with Crippen molar-refractivity contribution < 1.29 is 18.8 Å². The highest BCUT2D eigenvalue weighted by Gasteiger charge is 2.13. The molecule has 33 heavy (non-hydrogen) atoms. The van der Waals surface area contributed by atoms with Crippen molar-refractivity contribution in [2.75, 3.05) is 14.2 Å². The minimum atomic E-state index is -0.0961. The van der Waals surface area contributed by atoms with E-state index in [1.165, 1.54) is 0 Å². The van der Waals surface area contributed by atoms with Crippen LogP contribution in [0.5, 0.6) is 11.5 Å². The van der Waals surface area contributed by atoms with Gasteiger partial charge >= 0.3 is 0 Å². The first-order valence-electron chi connectivity index (χ1n) is 10.3. The second kappa shape index (κ2) is 10.2. The number of benzene rings is 2. The number of carbonyl (C=O) groups excluding carboxylic acids is 1. The second-order valence-electron chi connectivity index (χ2n) is 7.28. The third-order valence-electron chi connectivity index (χ3n) is 5.03. The Balaban J connectivity index is 1.49. The summed E-state index contributed by atoms with van der Waals surface area (Å²) in [6.45, 7) is 2.29. The molecule has 0 unspecified atom stereocenters. The molecule has 4 aromatic rings. The topological polar surface area (TPSA) is 75.7 Å². The molecule has 0 radical (unpaired) electrons. The van der Waals surface area contributed by atoms with Crippen molar-refractivity contribution in [2.45, 2.75) is 13.5 Å². The summed E-state index contributed by atoms with van der Waals surface area (Å²) in [7, 11) is 3.23. The Hall–Kier alpha value is -3.84. The van der Waals surface area contributed by atoms with Gasteiger partial charge in [0, 0.05) is 27.6 Å². The lowest BCUT2D eigenvalue weighted by Gasteiger charge is -2.12. The van der Waals surface area contributed by atoms with Gasteiger partial charge in [0.2, 0.25) is 0 Å². The van der Waals surface area contributed by atoms with Crippen molar-refractivity contribution in [3.05, 3.63) is 93.8 Å². The van der Waals surface area contributed by atoms with Gasteiger partial charge in [0.1, 0.15) is 17.3 Å². The summed E-state index contributed by atoms with van der Waals surface area (Å²) < 4.78 is 16.1. The predicted molar refractivity (Wildman–Crippen MR) is 131 cm³/mol. The number of methoxy groups -OCH3 is 2. The zero-order valence-electron chi connectivity index (χ0n) is 18.6. The van der Waals surface area contributed by atoms with E-state index in [1.54, 1.807) is 55.9 Å². The highest BCUT2D eigenvalue weighted by molar-refractivity contribution is 7.13. The van der Waals surface area contributed by atoms with Crippen LogP contribution >= 0.6 is 11.3 Å². The van der Waals surface area contributed by atoms with Crippen LogP contribution < -0.4 is 9.47 Å². The van der Waals surface area contributed by atoms with Gasteiger partial charge in [-0.3, -0.25) is 9.95 Å². The van der Waals surface area contributed by atoms with Gasteiger partial charge in [-0.15, -0.1) is 11.3 Å². The van der Waals surface area contributed by atoms with Crippen LogP contribution in [0.25, 0.3) is 21.8 Å². The normalized spacial score (nSPS) is 11.0. The first-order valence-corrected chi connectivity index (χ1v) is 11.2. The number of ether oxygens (including phenoxy) is 2. The highest BCUT2D eigenvalue weighted by atomic mass is 32.1. The molecule has 6 nitrogen and oxygen atoms in total. The van der Waals surface area contributed by atoms with E-state index in [2.05, 4.69) is 10.5 Å². The van der Waals surface area contributed by atoms with Crippen LogP contribution in [0.15, 0.2) is 70.6 Å². The molecule has 0 aliphatic carbocycles. The number of ketones is 1. The molecule has 2 aromatic carbocycles. The molecule has 168 valence electrons. The zero-order chi connectivity index (χ0) is 23.2. The number of allylic oxidation sites excluding steroid dienone is 1. The molecule has 2 heterocycles. The summed E-state index contributed by atoms with van der Waals surface area (Å²) in [6, 6.07) is 17.0. The van der Waals surface area contributed by atoms with Crippen molar-refractivity contribution in [1.82, 2.24) is 5.16 Å². The van der Waals surface area contributed by atoms with Gasteiger partial charge in [0.15, 0.2) is 5.78 Å². The fraction of sp³-hybridized carbons (Fsp3) is 0.154. The minimum Gasteiger partial charge on any atom is -0.496 e. The summed E-state index contributed by atoms with van der Waals surface area (Å²) in [5.74, 6) is 2.54. The molecule has 0 amide bonds. The Bertz CT molecular complexity index is 1260. The van der Waals surface area contributed by atoms with E-state index in [0.717, 1.165) is 33.1 Å². The van der Waals surface area contributed by atoms with Crippen LogP contribution in [-0.2, 0) is 6.54 Å². The average Bonchev–Trinajstić information content (AvgIpc) is 3.53. The van der Waals surface area contributed by atoms with Gasteiger partial charge in [-0.2, -0.15) is 0 Å². The fourth-order valence-electron chi connectivity index (χ4n) is 3.31. The Labute approximate surface area is 196 Å². The standard InChI is InChI=1S/C26H23N2O4S/c1-17-13-26(28-32-17)27-16-18-6-8-19(9-7-18)22(29)11-10-20-14-21(25-5-4-12-33-25)24(31-3)15-23(20)30-2/h4-15H,16H2,1-3H3/q-1/b11-10+. The zero-order valence-corrected chi connectivity index (χ0v) is 19.4. The van der Waals surface area contributed by atoms with Crippen molar-refractivity contribution in [3.8, 4) is 21.9 Å². The Morgan fingerprint density at radius 2 is 1.88 bits per heavy atom. The van der Waals surface area contributed by atoms with Crippen molar-refractivity contribution in [2.24, 2.45) is 0 Å². The molecule has 7 heteroatoms. The molecule has 0 N–H and O–H groups in total. The summed E-state index contributed by atoms with van der Waals surface area (Å²) in [5, 5.41) is 10.3. The minimum absolute atomic E-state index is 0.0961. The second-order valence-corrected chi connectivity index (χ2v) is 8.23. The van der Waals surface area contributed by atoms with E-state index < -0.39 is 0 Å². The number of hydrogen-bond donors (Lipinski definition) is 0. The Morgan fingerprint density at radius 3 is 2.52 bits per heavy atom. The molecule has 0 aliphatic heterocycles. The van der Waals surface area contributed by atoms with Crippen LogP contribution in [0.2, 0.25) is 0 Å². The number of hydrogen-bond acceptors (Lipinski definition) is 6. The van der Waals surface area contributed by atoms with Gasteiger partial charge in [0.25, 0.3) is 0 Å². The van der Waals surface area contributed by atoms with E-state index in [1.807, 2.05) is 48.7 Å². The predicted octanol–water partition coefficient (Wildman–Crippen LogP) is 6.83. The molecule has 4 rings (SSSR count). The maximum atomic E-state index is 12.8. The summed E-state index contributed by atoms with van der Waals surface area (Å²) in [4.78, 5) is 13.8. The maximum absolute atomic E-state index is 12.8. The van der Waals surface area contributed by atoms with E-state index in [0.29, 0.717) is 23.7 Å². The molecule has 0 fully saturated rings. The smallest absolute Gasteiger partial charge is 0.185 e.